The van der Waals surface area contributed by atoms with E-state index in [0.717, 1.165) is 16.9 Å². The average Bonchev–Trinajstić information content (AvgIpc) is 2.69. The first-order valence-corrected chi connectivity index (χ1v) is 13.7. The molecule has 2 aromatic rings. The fourth-order valence-electron chi connectivity index (χ4n) is 1.36. The highest BCUT2D eigenvalue weighted by Gasteiger charge is 2.43. The van der Waals surface area contributed by atoms with Crippen molar-refractivity contribution in [3.8, 4) is 0 Å². The predicted molar refractivity (Wildman–Crippen MR) is 95.0 cm³/mol. The number of nitrogens with zero attached hydrogens (tertiary/aromatic N) is 3. The third kappa shape index (κ3) is 3.33. The summed E-state index contributed by atoms with van der Waals surface area (Å²) in [5.74, 6) is 2.06. The van der Waals surface area contributed by atoms with E-state index in [1.165, 1.54) is 5.75 Å². The van der Waals surface area contributed by atoms with E-state index >= 15 is 0 Å². The van der Waals surface area contributed by atoms with Crippen molar-refractivity contribution in [2.75, 3.05) is 24.5 Å². The Bertz CT molecular complexity index is 585. The van der Waals surface area contributed by atoms with Gasteiger partial charge in [-0.2, -0.15) is 0 Å². The van der Waals surface area contributed by atoms with Gasteiger partial charge in [0.05, 0.1) is 11.4 Å². The van der Waals surface area contributed by atoms with Gasteiger partial charge in [-0.1, -0.05) is 35.1 Å². The van der Waals surface area contributed by atoms with Gasteiger partial charge in [0.25, 0.3) is 0 Å². The number of hydrogen-bond acceptors (Lipinski definition) is 3. The molecule has 0 aliphatic heterocycles. The topological polar surface area (TPSA) is 30.7 Å². The van der Waals surface area contributed by atoms with Crippen LogP contribution in [-0.4, -0.2) is 39.5 Å². The van der Waals surface area contributed by atoms with Crippen molar-refractivity contribution in [1.82, 2.24) is 15.0 Å². The predicted octanol–water partition coefficient (Wildman–Crippen LogP) is 4.17. The number of halogens is 1. The molecule has 18 heavy (non-hydrogen) atoms. The molecule has 1 aromatic heterocycles. The van der Waals surface area contributed by atoms with Crippen molar-refractivity contribution in [2.24, 2.45) is 0 Å². The lowest BCUT2D eigenvalue weighted by Gasteiger charge is -2.65. The van der Waals surface area contributed by atoms with Crippen LogP contribution in [0.4, 0.5) is 0 Å². The second kappa shape index (κ2) is 4.02. The minimum absolute atomic E-state index is 0.863. The maximum absolute atomic E-state index is 4.26. The molecule has 6 heteroatoms. The molecular formula is C12H20IN3S2. The molecule has 0 aliphatic rings. The Morgan fingerprint density at radius 2 is 1.94 bits per heavy atom. The molecule has 2 rings (SSSR count). The van der Waals surface area contributed by atoms with Crippen LogP contribution < -0.4 is 0 Å². The summed E-state index contributed by atoms with van der Waals surface area (Å²) in [5.41, 5.74) is 2.09. The molecular weight excluding hydrogens is 377 g/mol. The monoisotopic (exact) mass is 397 g/mol. The quantitative estimate of drug-likeness (QED) is 0.573. The normalized spacial score (nSPS) is 16.5. The van der Waals surface area contributed by atoms with E-state index in [0.29, 0.717) is 0 Å². The summed E-state index contributed by atoms with van der Waals surface area (Å²) in [6, 6.07) is 8.12. The van der Waals surface area contributed by atoms with Gasteiger partial charge in [0.2, 0.25) is 0 Å². The maximum atomic E-state index is 4.26. The van der Waals surface area contributed by atoms with E-state index < -0.39 is 4.50 Å². The molecule has 0 radical (unpaired) electrons. The van der Waals surface area contributed by atoms with Crippen molar-refractivity contribution in [1.29, 1.82) is 0 Å². The Hall–Kier alpha value is 0.0500. The SMILES string of the molecule is CCS(C)(C)(C)(I)SCn1nnc2ccccc21. The number of aromatic nitrogens is 3. The maximum Gasteiger partial charge on any atom is 0.113 e. The van der Waals surface area contributed by atoms with E-state index in [9.17, 15) is 0 Å². The molecule has 0 N–H and O–H groups in total. The van der Waals surface area contributed by atoms with Gasteiger partial charge in [-0.05, 0) is 57.9 Å². The Kier molecular flexibility index (Phi) is 3.23. The van der Waals surface area contributed by atoms with Crippen LogP contribution in [0.25, 0.3) is 11.0 Å². The van der Waals surface area contributed by atoms with Crippen molar-refractivity contribution in [3.05, 3.63) is 24.3 Å². The third-order valence-corrected chi connectivity index (χ3v) is 14.7. The number of para-hydroxylation sites is 1. The van der Waals surface area contributed by atoms with Gasteiger partial charge in [0.1, 0.15) is 5.52 Å². The lowest BCUT2D eigenvalue weighted by atomic mass is 10.3. The van der Waals surface area contributed by atoms with Gasteiger partial charge < -0.3 is 0 Å². The summed E-state index contributed by atoms with van der Waals surface area (Å²) in [6.45, 7) is 2.28. The molecule has 102 valence electrons. The van der Waals surface area contributed by atoms with Crippen molar-refractivity contribution in [3.63, 3.8) is 0 Å². The zero-order valence-corrected chi connectivity index (χ0v) is 15.1. The smallest absolute Gasteiger partial charge is 0.113 e. The van der Waals surface area contributed by atoms with Gasteiger partial charge in [0.15, 0.2) is 0 Å². The molecule has 0 unspecified atom stereocenters. The van der Waals surface area contributed by atoms with E-state index in [-0.39, 0.29) is 0 Å². The van der Waals surface area contributed by atoms with E-state index in [2.05, 4.69) is 63.3 Å². The van der Waals surface area contributed by atoms with Crippen molar-refractivity contribution < 1.29 is 0 Å². The molecule has 0 aliphatic carbocycles. The standard InChI is InChI=1S/C12H20IN3S2/c1-5-18(2,3,4,13)17-10-16-12-9-7-6-8-11(12)14-15-16/h6-9H,5,10H2,1-4H3. The second-order valence-corrected chi connectivity index (χ2v) is 31.5. The molecule has 0 saturated carbocycles. The Morgan fingerprint density at radius 1 is 1.28 bits per heavy atom. The fourth-order valence-corrected chi connectivity index (χ4v) is 5.36. The van der Waals surface area contributed by atoms with Crippen LogP contribution >= 0.6 is 36.5 Å². The summed E-state index contributed by atoms with van der Waals surface area (Å²) in [7, 11) is 2.02. The van der Waals surface area contributed by atoms with Gasteiger partial charge in [-0.25, -0.2) is 9.18 Å². The van der Waals surface area contributed by atoms with Crippen LogP contribution in [0, 0.1) is 0 Å². The molecule has 3 nitrogen and oxygen atoms in total. The summed E-state index contributed by atoms with van der Waals surface area (Å²) < 4.78 is -0.0211. The lowest BCUT2D eigenvalue weighted by molar-refractivity contribution is 0.725. The second-order valence-electron chi connectivity index (χ2n) is 5.96. The average molecular weight is 397 g/mol. The summed E-state index contributed by atoms with van der Waals surface area (Å²) in [6.07, 6.45) is 7.22. The molecule has 1 heterocycles. The Labute approximate surface area is 123 Å². The Morgan fingerprint density at radius 3 is 2.61 bits per heavy atom. The summed E-state index contributed by atoms with van der Waals surface area (Å²) in [4.78, 5) is 0. The summed E-state index contributed by atoms with van der Waals surface area (Å²) >= 11 is 2.68. The minimum Gasteiger partial charge on any atom is -0.234 e. The van der Waals surface area contributed by atoms with Gasteiger partial charge >= 0.3 is 0 Å². The van der Waals surface area contributed by atoms with Crippen molar-refractivity contribution in [2.45, 2.75) is 12.8 Å². The first-order valence-electron chi connectivity index (χ1n) is 5.82. The third-order valence-electron chi connectivity index (χ3n) is 3.17. The van der Waals surface area contributed by atoms with Crippen LogP contribution in [0.15, 0.2) is 24.3 Å². The zero-order valence-electron chi connectivity index (χ0n) is 11.3. The molecule has 0 bridgehead atoms. The highest BCUT2D eigenvalue weighted by Crippen LogP contribution is 2.96. The number of rotatable bonds is 4. The lowest BCUT2D eigenvalue weighted by Crippen LogP contribution is -2.23. The fraction of sp³-hybridized carbons (Fsp3) is 0.500. The zero-order chi connectivity index (χ0) is 13.5. The Balaban J connectivity index is 2.27. The summed E-state index contributed by atoms with van der Waals surface area (Å²) in [5, 5.41) is 8.46. The molecule has 1 aromatic carbocycles. The molecule has 0 atom stereocenters. The van der Waals surface area contributed by atoms with E-state index in [1.54, 1.807) is 0 Å². The first-order chi connectivity index (χ1) is 8.13. The largest absolute Gasteiger partial charge is 0.234 e. The minimum atomic E-state index is -2.03. The first kappa shape index (κ1) is 14.5. The highest BCUT2D eigenvalue weighted by molar-refractivity contribution is 14.2. The molecule has 0 saturated heterocycles. The van der Waals surface area contributed by atoms with Gasteiger partial charge in [-0.15, -0.1) is 5.10 Å². The van der Waals surface area contributed by atoms with Gasteiger partial charge in [0, 0.05) is 0 Å². The van der Waals surface area contributed by atoms with Crippen LogP contribution in [0.5, 0.6) is 0 Å². The van der Waals surface area contributed by atoms with Crippen molar-refractivity contribution >= 4 is 47.5 Å². The van der Waals surface area contributed by atoms with Crippen LogP contribution in [0.3, 0.4) is 0 Å². The van der Waals surface area contributed by atoms with Crippen LogP contribution in [0.1, 0.15) is 6.92 Å². The molecule has 0 fully saturated rings. The number of fused-ring (bicyclic) bond motifs is 1. The van der Waals surface area contributed by atoms with E-state index in [4.69, 9.17) is 0 Å². The molecule has 0 spiro atoms. The van der Waals surface area contributed by atoms with Gasteiger partial charge in [-0.3, -0.25) is 0 Å². The number of hydrogen-bond donors (Lipinski definition) is 0. The highest BCUT2D eigenvalue weighted by atomic mass is 127. The van der Waals surface area contributed by atoms with Crippen LogP contribution in [0.2, 0.25) is 0 Å². The number of benzene rings is 1. The molecule has 0 amide bonds. The van der Waals surface area contributed by atoms with E-state index in [1.807, 2.05) is 33.7 Å². The van der Waals surface area contributed by atoms with Crippen LogP contribution in [-0.2, 0) is 5.88 Å².